The highest BCUT2D eigenvalue weighted by atomic mass is 35.5. The average molecular weight is 435 g/mol. The molecule has 3 aromatic rings. The molecule has 0 amide bonds. The lowest BCUT2D eigenvalue weighted by atomic mass is 10.2. The quantitative estimate of drug-likeness (QED) is 0.509. The summed E-state index contributed by atoms with van der Waals surface area (Å²) >= 11 is 12.2. The van der Waals surface area contributed by atoms with Gasteiger partial charge in [0.1, 0.15) is 18.2 Å². The van der Waals surface area contributed by atoms with E-state index >= 15 is 0 Å². The van der Waals surface area contributed by atoms with Gasteiger partial charge in [-0.05, 0) is 29.8 Å². The molecule has 0 aliphatic carbocycles. The van der Waals surface area contributed by atoms with Crippen molar-refractivity contribution < 1.29 is 9.22 Å². The number of hydrogen-bond acceptors (Lipinski definition) is 4. The van der Waals surface area contributed by atoms with E-state index in [9.17, 15) is 0 Å². The molecular weight excluding hydrogens is 409 g/mol. The minimum Gasteiger partial charge on any atom is -0.469 e. The number of quaternary nitrogens is 1. The van der Waals surface area contributed by atoms with E-state index in [-0.39, 0.29) is 0 Å². The van der Waals surface area contributed by atoms with Gasteiger partial charge in [-0.1, -0.05) is 29.3 Å². The van der Waals surface area contributed by atoms with Crippen LogP contribution in [0.3, 0.4) is 0 Å². The second-order valence-corrected chi connectivity index (χ2v) is 8.71. The molecule has 29 heavy (non-hydrogen) atoms. The molecule has 0 fully saturated rings. The fourth-order valence-electron chi connectivity index (χ4n) is 2.77. The van der Waals surface area contributed by atoms with Gasteiger partial charge in [-0.15, -0.1) is 0 Å². The molecule has 0 saturated carbocycles. The molecule has 6 nitrogen and oxygen atoms in total. The molecule has 0 atom stereocenters. The SMILES string of the molecule is C[N+](C)(C)CCNc1cccc(OCc2nccn2Cc2cc(Cl)cc(Cl)c2)n1. The highest BCUT2D eigenvalue weighted by molar-refractivity contribution is 6.34. The highest BCUT2D eigenvalue weighted by Gasteiger charge is 2.09. The third kappa shape index (κ3) is 6.92. The summed E-state index contributed by atoms with van der Waals surface area (Å²) in [5, 5.41) is 4.57. The maximum Gasteiger partial charge on any atom is 0.215 e. The van der Waals surface area contributed by atoms with Crippen molar-refractivity contribution in [2.75, 3.05) is 39.5 Å². The molecule has 1 aromatic carbocycles. The monoisotopic (exact) mass is 434 g/mol. The number of imidazole rings is 1. The Morgan fingerprint density at radius 2 is 1.86 bits per heavy atom. The maximum atomic E-state index is 6.10. The summed E-state index contributed by atoms with van der Waals surface area (Å²) < 4.78 is 8.77. The average Bonchev–Trinajstić information content (AvgIpc) is 3.05. The molecule has 3 rings (SSSR count). The second-order valence-electron chi connectivity index (χ2n) is 7.84. The number of nitrogens with zero attached hydrogens (tertiary/aromatic N) is 4. The molecule has 0 bridgehead atoms. The standard InChI is InChI=1S/C21H26Cl2N5O/c1-28(2,3)10-8-24-19-5-4-6-21(26-19)29-15-20-25-7-9-27(20)14-16-11-17(22)13-18(23)12-16/h4-7,9,11-13H,8,10,14-15H2,1-3H3,(H,24,26)/q+1. The van der Waals surface area contributed by atoms with E-state index in [1.54, 1.807) is 12.3 Å². The molecule has 0 unspecified atom stereocenters. The van der Waals surface area contributed by atoms with Crippen LogP contribution in [0.5, 0.6) is 5.88 Å². The number of ether oxygens (including phenoxy) is 1. The molecule has 0 spiro atoms. The van der Waals surface area contributed by atoms with Gasteiger partial charge in [0.05, 0.1) is 34.2 Å². The molecule has 1 N–H and O–H groups in total. The predicted molar refractivity (Wildman–Crippen MR) is 118 cm³/mol. The van der Waals surface area contributed by atoms with Crippen LogP contribution in [0, 0.1) is 0 Å². The lowest BCUT2D eigenvalue weighted by Crippen LogP contribution is -2.38. The third-order valence-corrected chi connectivity index (χ3v) is 4.67. The van der Waals surface area contributed by atoms with Crippen molar-refractivity contribution in [3.8, 4) is 5.88 Å². The maximum absolute atomic E-state index is 6.10. The van der Waals surface area contributed by atoms with Crippen LogP contribution >= 0.6 is 23.2 Å². The van der Waals surface area contributed by atoms with Crippen LogP contribution in [0.2, 0.25) is 10.0 Å². The lowest BCUT2D eigenvalue weighted by molar-refractivity contribution is -0.868. The van der Waals surface area contributed by atoms with Gasteiger partial charge in [-0.25, -0.2) is 4.98 Å². The van der Waals surface area contributed by atoms with Crippen LogP contribution < -0.4 is 10.1 Å². The molecule has 2 heterocycles. The molecule has 0 aliphatic heterocycles. The van der Waals surface area contributed by atoms with Crippen LogP contribution in [-0.2, 0) is 13.2 Å². The van der Waals surface area contributed by atoms with Gasteiger partial charge < -0.3 is 19.1 Å². The van der Waals surface area contributed by atoms with E-state index in [0.29, 0.717) is 29.1 Å². The van der Waals surface area contributed by atoms with Crippen molar-refractivity contribution in [2.45, 2.75) is 13.2 Å². The van der Waals surface area contributed by atoms with E-state index in [2.05, 4.69) is 36.4 Å². The summed E-state index contributed by atoms with van der Waals surface area (Å²) in [7, 11) is 6.48. The summed E-state index contributed by atoms with van der Waals surface area (Å²) in [6.07, 6.45) is 3.66. The van der Waals surface area contributed by atoms with Gasteiger partial charge in [0.25, 0.3) is 0 Å². The number of anilines is 1. The molecular formula is C21H26Cl2N5O+. The highest BCUT2D eigenvalue weighted by Crippen LogP contribution is 2.20. The molecule has 8 heteroatoms. The Kier molecular flexibility index (Phi) is 7.00. The van der Waals surface area contributed by atoms with Gasteiger partial charge in [-0.2, -0.15) is 4.98 Å². The van der Waals surface area contributed by atoms with E-state index < -0.39 is 0 Å². The first-order chi connectivity index (χ1) is 13.8. The minimum absolute atomic E-state index is 0.316. The number of halogens is 2. The Labute approximate surface area is 181 Å². The smallest absolute Gasteiger partial charge is 0.215 e. The van der Waals surface area contributed by atoms with Gasteiger partial charge in [-0.3, -0.25) is 0 Å². The number of nitrogens with one attached hydrogen (secondary N) is 1. The van der Waals surface area contributed by atoms with Gasteiger partial charge in [0, 0.05) is 35.1 Å². The van der Waals surface area contributed by atoms with Crippen molar-refractivity contribution in [3.63, 3.8) is 0 Å². The second kappa shape index (κ2) is 9.48. The lowest BCUT2D eigenvalue weighted by Gasteiger charge is -2.23. The number of benzene rings is 1. The van der Waals surface area contributed by atoms with E-state index in [1.807, 2.05) is 41.1 Å². The topological polar surface area (TPSA) is 52.0 Å². The van der Waals surface area contributed by atoms with Crippen LogP contribution in [0.4, 0.5) is 5.82 Å². The number of aromatic nitrogens is 3. The molecule has 0 radical (unpaired) electrons. The Hall–Kier alpha value is -2.28. The van der Waals surface area contributed by atoms with Crippen molar-refractivity contribution in [1.29, 1.82) is 0 Å². The molecule has 0 saturated heterocycles. The first-order valence-electron chi connectivity index (χ1n) is 9.38. The summed E-state index contributed by atoms with van der Waals surface area (Å²) in [6.45, 7) is 2.76. The van der Waals surface area contributed by atoms with Gasteiger partial charge in [0.2, 0.25) is 5.88 Å². The number of rotatable bonds is 9. The fraction of sp³-hybridized carbons (Fsp3) is 0.333. The molecule has 2 aromatic heterocycles. The van der Waals surface area contributed by atoms with Crippen molar-refractivity contribution >= 4 is 29.0 Å². The zero-order valence-electron chi connectivity index (χ0n) is 16.9. The number of likely N-dealkylation sites (N-methyl/N-ethyl adjacent to an activating group) is 1. The fourth-order valence-corrected chi connectivity index (χ4v) is 3.35. The van der Waals surface area contributed by atoms with Crippen LogP contribution in [0.25, 0.3) is 0 Å². The van der Waals surface area contributed by atoms with E-state index in [0.717, 1.165) is 34.8 Å². The third-order valence-electron chi connectivity index (χ3n) is 4.24. The Balaban J connectivity index is 1.59. The first kappa shape index (κ1) is 21.4. The summed E-state index contributed by atoms with van der Waals surface area (Å²) in [6, 6.07) is 11.2. The van der Waals surface area contributed by atoms with E-state index in [1.165, 1.54) is 0 Å². The Morgan fingerprint density at radius 1 is 1.10 bits per heavy atom. The summed E-state index contributed by atoms with van der Waals surface area (Å²) in [4.78, 5) is 8.91. The van der Waals surface area contributed by atoms with Gasteiger partial charge in [0.15, 0.2) is 0 Å². The van der Waals surface area contributed by atoms with Crippen LogP contribution in [0.1, 0.15) is 11.4 Å². The van der Waals surface area contributed by atoms with Crippen LogP contribution in [-0.4, -0.2) is 53.3 Å². The van der Waals surface area contributed by atoms with Crippen molar-refractivity contribution in [1.82, 2.24) is 14.5 Å². The normalized spacial score (nSPS) is 11.5. The molecule has 0 aliphatic rings. The van der Waals surface area contributed by atoms with Crippen LogP contribution in [0.15, 0.2) is 48.8 Å². The van der Waals surface area contributed by atoms with E-state index in [4.69, 9.17) is 27.9 Å². The Morgan fingerprint density at radius 3 is 2.59 bits per heavy atom. The zero-order chi connectivity index (χ0) is 20.9. The summed E-state index contributed by atoms with van der Waals surface area (Å²) in [5.41, 5.74) is 1.00. The first-order valence-corrected chi connectivity index (χ1v) is 10.1. The van der Waals surface area contributed by atoms with Gasteiger partial charge >= 0.3 is 0 Å². The van der Waals surface area contributed by atoms with Crippen molar-refractivity contribution in [2.24, 2.45) is 0 Å². The number of hydrogen-bond donors (Lipinski definition) is 1. The Bertz CT molecular complexity index is 932. The van der Waals surface area contributed by atoms with Crippen molar-refractivity contribution in [3.05, 3.63) is 70.2 Å². The predicted octanol–water partition coefficient (Wildman–Crippen LogP) is 4.33. The zero-order valence-corrected chi connectivity index (χ0v) is 18.4. The minimum atomic E-state index is 0.316. The molecule has 154 valence electrons. The largest absolute Gasteiger partial charge is 0.469 e. The summed E-state index contributed by atoms with van der Waals surface area (Å²) in [5.74, 6) is 2.15. The number of pyridine rings is 1.